The molecule has 0 bridgehead atoms. The van der Waals surface area contributed by atoms with E-state index in [1.807, 2.05) is 6.07 Å². The molecule has 4 atom stereocenters. The Balaban J connectivity index is 2.06. The summed E-state index contributed by atoms with van der Waals surface area (Å²) in [7, 11) is 0. The summed E-state index contributed by atoms with van der Waals surface area (Å²) in [5, 5.41) is 33.4. The molecule has 1 saturated heterocycles. The summed E-state index contributed by atoms with van der Waals surface area (Å²) in [5.41, 5.74) is -8.75. The third-order valence-electron chi connectivity index (χ3n) is 5.60. The Morgan fingerprint density at radius 2 is 1.71 bits per heavy atom. The number of thioether (sulfide) groups is 1. The number of pyridine rings is 1. The third kappa shape index (κ3) is 3.47. The summed E-state index contributed by atoms with van der Waals surface area (Å²) in [4.78, 5) is 41.4. The molecule has 0 unspecified atom stereocenters. The van der Waals surface area contributed by atoms with Crippen LogP contribution in [-0.2, 0) is 14.4 Å². The van der Waals surface area contributed by atoms with E-state index in [9.17, 15) is 29.7 Å². The zero-order valence-corrected chi connectivity index (χ0v) is 18.0. The van der Waals surface area contributed by atoms with Gasteiger partial charge < -0.3 is 20.1 Å². The van der Waals surface area contributed by atoms with Gasteiger partial charge in [0.15, 0.2) is 34.0 Å². The minimum Gasteiger partial charge on any atom is -0.476 e. The molecule has 0 radical (unpaired) electrons. The van der Waals surface area contributed by atoms with Crippen molar-refractivity contribution in [2.45, 2.75) is 43.0 Å². The Morgan fingerprint density at radius 1 is 1.00 bits per heavy atom. The second-order valence-electron chi connectivity index (χ2n) is 7.51. The van der Waals surface area contributed by atoms with Gasteiger partial charge in [-0.1, -0.05) is 18.2 Å². The summed E-state index contributed by atoms with van der Waals surface area (Å²) in [6.45, 7) is 2.84. The molecule has 1 aliphatic rings. The number of hydrogen-bond donors (Lipinski definition) is 3. The Kier molecular flexibility index (Phi) is 6.07. The molecule has 8 nitrogen and oxygen atoms in total. The van der Waals surface area contributed by atoms with E-state index in [-0.39, 0.29) is 5.75 Å². The van der Waals surface area contributed by atoms with Gasteiger partial charge >= 0.3 is 0 Å². The number of benzene rings is 1. The Hall–Kier alpha value is -2.59. The maximum atomic E-state index is 12.6. The van der Waals surface area contributed by atoms with E-state index in [0.717, 1.165) is 32.5 Å². The molecule has 2 aromatic rings. The molecule has 0 amide bonds. The molecular weight excluding hydrogens is 422 g/mol. The standard InChI is InChI=1S/C22H23NO7S/c1-13(24)20(27)12-31-19(21(28,14(2)25)22(20,29)15(3)26)30-17-8-6-7-16(11-17)18-9-4-5-10-23-18/h4-11,19,27-29H,12H2,1-3H3/t19-,20-,21-,22-/m0/s1. The highest BCUT2D eigenvalue weighted by atomic mass is 32.2. The summed E-state index contributed by atoms with van der Waals surface area (Å²) in [6, 6.07) is 12.1. The van der Waals surface area contributed by atoms with Crippen LogP contribution in [0.3, 0.4) is 0 Å². The van der Waals surface area contributed by atoms with Gasteiger partial charge in [-0.3, -0.25) is 19.4 Å². The predicted molar refractivity (Wildman–Crippen MR) is 113 cm³/mol. The van der Waals surface area contributed by atoms with Crippen LogP contribution in [0.1, 0.15) is 20.8 Å². The van der Waals surface area contributed by atoms with Crippen molar-refractivity contribution in [2.24, 2.45) is 0 Å². The number of ether oxygens (including phenoxy) is 1. The lowest BCUT2D eigenvalue weighted by Gasteiger charge is -2.54. The van der Waals surface area contributed by atoms with Crippen LogP contribution in [0.2, 0.25) is 0 Å². The van der Waals surface area contributed by atoms with Crippen LogP contribution in [-0.4, -0.2) is 65.6 Å². The monoisotopic (exact) mass is 445 g/mol. The van der Waals surface area contributed by atoms with Gasteiger partial charge in [-0.25, -0.2) is 0 Å². The van der Waals surface area contributed by atoms with E-state index in [1.54, 1.807) is 42.6 Å². The SMILES string of the molecule is CC(=O)[C@]1(O)[C@@](O)(C(C)=O)CS[C@H](Oc2cccc(-c3ccccn3)c2)[C@@]1(O)C(C)=O. The van der Waals surface area contributed by atoms with Gasteiger partial charge in [0.25, 0.3) is 0 Å². The van der Waals surface area contributed by atoms with Crippen LogP contribution < -0.4 is 4.74 Å². The van der Waals surface area contributed by atoms with Crippen LogP contribution in [0.15, 0.2) is 48.7 Å². The first-order chi connectivity index (χ1) is 14.5. The first kappa shape index (κ1) is 23.1. The van der Waals surface area contributed by atoms with Gasteiger partial charge in [0, 0.05) is 17.5 Å². The lowest BCUT2D eigenvalue weighted by molar-refractivity contribution is -0.235. The minimum atomic E-state index is -3.09. The molecular formula is C22H23NO7S. The molecule has 1 fully saturated rings. The van der Waals surface area contributed by atoms with Crippen molar-refractivity contribution < 1.29 is 34.4 Å². The van der Waals surface area contributed by atoms with Crippen molar-refractivity contribution in [3.63, 3.8) is 0 Å². The number of carbonyl (C=O) groups is 3. The topological polar surface area (TPSA) is 134 Å². The Labute approximate surface area is 183 Å². The van der Waals surface area contributed by atoms with E-state index in [2.05, 4.69) is 4.98 Å². The fourth-order valence-electron chi connectivity index (χ4n) is 3.75. The average molecular weight is 445 g/mol. The molecule has 0 spiro atoms. The molecule has 0 aliphatic carbocycles. The molecule has 0 saturated carbocycles. The second-order valence-corrected chi connectivity index (χ2v) is 8.56. The van der Waals surface area contributed by atoms with Crippen LogP contribution >= 0.6 is 11.8 Å². The second kappa shape index (κ2) is 8.16. The largest absolute Gasteiger partial charge is 0.476 e. The molecule has 3 N–H and O–H groups in total. The maximum Gasteiger partial charge on any atom is 0.208 e. The van der Waals surface area contributed by atoms with E-state index in [4.69, 9.17) is 4.74 Å². The van der Waals surface area contributed by atoms with Crippen LogP contribution in [0.4, 0.5) is 0 Å². The maximum absolute atomic E-state index is 12.6. The number of ketones is 3. The summed E-state index contributed by atoms with van der Waals surface area (Å²) in [6.07, 6.45) is 1.63. The molecule has 1 aromatic carbocycles. The van der Waals surface area contributed by atoms with E-state index in [1.165, 1.54) is 0 Å². The Morgan fingerprint density at radius 3 is 2.26 bits per heavy atom. The van der Waals surface area contributed by atoms with Gasteiger partial charge in [-0.05, 0) is 45.0 Å². The number of carbonyl (C=O) groups excluding carboxylic acids is 3. The van der Waals surface area contributed by atoms with Gasteiger partial charge in [-0.15, -0.1) is 11.8 Å². The lowest BCUT2D eigenvalue weighted by atomic mass is 9.65. The highest BCUT2D eigenvalue weighted by Gasteiger charge is 2.75. The Bertz CT molecular complexity index is 1030. The van der Waals surface area contributed by atoms with E-state index >= 15 is 0 Å². The fourth-order valence-corrected chi connectivity index (χ4v) is 5.31. The number of Topliss-reactive ketones (excluding diaryl/α,β-unsaturated/α-hetero) is 3. The third-order valence-corrected chi connectivity index (χ3v) is 6.93. The normalized spacial score (nSPS) is 30.5. The number of aliphatic hydroxyl groups is 3. The summed E-state index contributed by atoms with van der Waals surface area (Å²) >= 11 is 0.758. The highest BCUT2D eigenvalue weighted by molar-refractivity contribution is 8.00. The van der Waals surface area contributed by atoms with Crippen molar-refractivity contribution in [3.05, 3.63) is 48.7 Å². The molecule has 9 heteroatoms. The first-order valence-corrected chi connectivity index (χ1v) is 10.5. The molecule has 31 heavy (non-hydrogen) atoms. The fraction of sp³-hybridized carbons (Fsp3) is 0.364. The zero-order chi connectivity index (χ0) is 23.0. The van der Waals surface area contributed by atoms with Gasteiger partial charge in [0.05, 0.1) is 5.69 Å². The van der Waals surface area contributed by atoms with Crippen molar-refractivity contribution >= 4 is 29.1 Å². The first-order valence-electron chi connectivity index (χ1n) is 9.48. The smallest absolute Gasteiger partial charge is 0.208 e. The molecule has 1 aromatic heterocycles. The van der Waals surface area contributed by atoms with Crippen molar-refractivity contribution in [3.8, 4) is 17.0 Å². The van der Waals surface area contributed by atoms with Gasteiger partial charge in [0.1, 0.15) is 5.75 Å². The average Bonchev–Trinajstić information content (AvgIpc) is 2.74. The van der Waals surface area contributed by atoms with Crippen molar-refractivity contribution in [2.75, 3.05) is 5.75 Å². The zero-order valence-electron chi connectivity index (χ0n) is 17.2. The van der Waals surface area contributed by atoms with Gasteiger partial charge in [-0.2, -0.15) is 0 Å². The van der Waals surface area contributed by atoms with Crippen molar-refractivity contribution in [1.29, 1.82) is 0 Å². The molecule has 3 rings (SSSR count). The van der Waals surface area contributed by atoms with Crippen LogP contribution in [0.25, 0.3) is 11.3 Å². The highest BCUT2D eigenvalue weighted by Crippen LogP contribution is 2.49. The number of nitrogens with zero attached hydrogens (tertiary/aromatic N) is 1. The predicted octanol–water partition coefficient (Wildman–Crippen LogP) is 1.16. The minimum absolute atomic E-state index is 0.236. The molecule has 1 aliphatic heterocycles. The lowest BCUT2D eigenvalue weighted by Crippen LogP contribution is -2.82. The molecule has 164 valence electrons. The van der Waals surface area contributed by atoms with Gasteiger partial charge in [0.2, 0.25) is 5.60 Å². The summed E-state index contributed by atoms with van der Waals surface area (Å²) in [5.74, 6) is -3.33. The number of hydrogen-bond acceptors (Lipinski definition) is 9. The number of aromatic nitrogens is 1. The molecule has 2 heterocycles. The van der Waals surface area contributed by atoms with E-state index in [0.29, 0.717) is 11.3 Å². The number of rotatable bonds is 6. The van der Waals surface area contributed by atoms with Crippen LogP contribution in [0.5, 0.6) is 5.75 Å². The van der Waals surface area contributed by atoms with Crippen molar-refractivity contribution in [1.82, 2.24) is 4.98 Å². The quantitative estimate of drug-likeness (QED) is 0.599. The van der Waals surface area contributed by atoms with E-state index < -0.39 is 45.3 Å². The summed E-state index contributed by atoms with van der Waals surface area (Å²) < 4.78 is 5.84. The van der Waals surface area contributed by atoms with Crippen LogP contribution in [0, 0.1) is 0 Å².